The lowest BCUT2D eigenvalue weighted by molar-refractivity contribution is -0.136. The number of nitrogens with zero attached hydrogens (tertiary/aromatic N) is 1. The lowest BCUT2D eigenvalue weighted by Crippen LogP contribution is -2.43. The van der Waals surface area contributed by atoms with E-state index in [0.29, 0.717) is 29.2 Å². The number of nitrogens with one attached hydrogen (secondary N) is 1. The molecule has 1 aliphatic heterocycles. The largest absolute Gasteiger partial charge is 0.489 e. The van der Waals surface area contributed by atoms with E-state index in [2.05, 4.69) is 4.98 Å². The SMILES string of the molecule is CC[C@H](C)C(=O)N1CCC(Oc2cc3cc[nH]c(=O)c3cc2Cl)CC1. The molecule has 5 nitrogen and oxygen atoms in total. The first-order valence-electron chi connectivity index (χ1n) is 8.76. The highest BCUT2D eigenvalue weighted by Gasteiger charge is 2.26. The Balaban J connectivity index is 1.68. The maximum atomic E-state index is 12.3. The van der Waals surface area contributed by atoms with Crippen molar-refractivity contribution in [1.29, 1.82) is 0 Å². The van der Waals surface area contributed by atoms with Crippen molar-refractivity contribution < 1.29 is 9.53 Å². The van der Waals surface area contributed by atoms with Gasteiger partial charge in [-0.3, -0.25) is 9.59 Å². The van der Waals surface area contributed by atoms with Crippen molar-refractivity contribution in [3.8, 4) is 5.75 Å². The van der Waals surface area contributed by atoms with E-state index in [1.807, 2.05) is 30.9 Å². The second-order valence-corrected chi connectivity index (χ2v) is 7.04. The second kappa shape index (κ2) is 7.48. The van der Waals surface area contributed by atoms with Crippen LogP contribution in [0.5, 0.6) is 5.75 Å². The number of aromatic nitrogens is 1. The highest BCUT2D eigenvalue weighted by atomic mass is 35.5. The number of halogens is 1. The number of benzene rings is 1. The molecule has 1 fully saturated rings. The maximum absolute atomic E-state index is 12.3. The summed E-state index contributed by atoms with van der Waals surface area (Å²) in [6.07, 6.45) is 4.07. The molecular formula is C19H23ClN2O3. The first-order valence-corrected chi connectivity index (χ1v) is 9.13. The summed E-state index contributed by atoms with van der Waals surface area (Å²) in [5.41, 5.74) is -0.164. The summed E-state index contributed by atoms with van der Waals surface area (Å²) in [4.78, 5) is 28.6. The highest BCUT2D eigenvalue weighted by Crippen LogP contribution is 2.31. The van der Waals surface area contributed by atoms with Gasteiger partial charge in [0.05, 0.1) is 5.02 Å². The molecule has 0 saturated carbocycles. The van der Waals surface area contributed by atoms with Gasteiger partial charge in [-0.1, -0.05) is 25.4 Å². The summed E-state index contributed by atoms with van der Waals surface area (Å²) in [6, 6.07) is 5.28. The Morgan fingerprint density at radius 1 is 1.40 bits per heavy atom. The van der Waals surface area contributed by atoms with Crippen molar-refractivity contribution in [1.82, 2.24) is 9.88 Å². The number of hydrogen-bond donors (Lipinski definition) is 1. The minimum absolute atomic E-state index is 0.0259. The molecule has 1 aromatic heterocycles. The molecule has 1 aliphatic rings. The van der Waals surface area contributed by atoms with E-state index in [-0.39, 0.29) is 23.5 Å². The molecule has 6 heteroatoms. The zero-order valence-corrected chi connectivity index (χ0v) is 15.3. The van der Waals surface area contributed by atoms with Crippen LogP contribution in [0.3, 0.4) is 0 Å². The summed E-state index contributed by atoms with van der Waals surface area (Å²) in [5.74, 6) is 0.890. The van der Waals surface area contributed by atoms with E-state index in [9.17, 15) is 9.59 Å². The minimum Gasteiger partial charge on any atom is -0.489 e. The molecule has 2 aromatic rings. The second-order valence-electron chi connectivity index (χ2n) is 6.63. The van der Waals surface area contributed by atoms with Crippen molar-refractivity contribution in [2.24, 2.45) is 5.92 Å². The van der Waals surface area contributed by atoms with Crippen LogP contribution in [-0.4, -0.2) is 35.0 Å². The maximum Gasteiger partial charge on any atom is 0.255 e. The molecule has 134 valence electrons. The Kier molecular flexibility index (Phi) is 5.33. The number of carbonyl (C=O) groups is 1. The van der Waals surface area contributed by atoms with Gasteiger partial charge < -0.3 is 14.6 Å². The lowest BCUT2D eigenvalue weighted by Gasteiger charge is -2.33. The third kappa shape index (κ3) is 3.82. The number of ether oxygens (including phenoxy) is 1. The summed E-state index contributed by atoms with van der Waals surface area (Å²) in [5, 5.41) is 1.78. The Morgan fingerprint density at radius 2 is 2.12 bits per heavy atom. The van der Waals surface area contributed by atoms with Crippen LogP contribution in [-0.2, 0) is 4.79 Å². The normalized spacial score (nSPS) is 16.8. The topological polar surface area (TPSA) is 62.4 Å². The van der Waals surface area contributed by atoms with Gasteiger partial charge in [0.1, 0.15) is 11.9 Å². The van der Waals surface area contributed by atoms with E-state index in [1.165, 1.54) is 0 Å². The van der Waals surface area contributed by atoms with Gasteiger partial charge in [0.25, 0.3) is 5.56 Å². The summed E-state index contributed by atoms with van der Waals surface area (Å²) in [7, 11) is 0. The number of rotatable bonds is 4. The quantitative estimate of drug-likeness (QED) is 0.903. The van der Waals surface area contributed by atoms with Gasteiger partial charge in [-0.05, 0) is 30.0 Å². The first-order chi connectivity index (χ1) is 12.0. The minimum atomic E-state index is -0.164. The van der Waals surface area contributed by atoms with Gasteiger partial charge in [-0.2, -0.15) is 0 Å². The number of carbonyl (C=O) groups excluding carboxylic acids is 1. The summed E-state index contributed by atoms with van der Waals surface area (Å²) < 4.78 is 6.07. The van der Waals surface area contributed by atoms with Gasteiger partial charge in [0.2, 0.25) is 5.91 Å². The van der Waals surface area contributed by atoms with Crippen LogP contribution in [0.4, 0.5) is 0 Å². The van der Waals surface area contributed by atoms with Crippen molar-refractivity contribution in [3.63, 3.8) is 0 Å². The zero-order chi connectivity index (χ0) is 18.0. The monoisotopic (exact) mass is 362 g/mol. The van der Waals surface area contributed by atoms with Crippen LogP contribution in [0.2, 0.25) is 5.02 Å². The average Bonchev–Trinajstić information content (AvgIpc) is 2.62. The molecular weight excluding hydrogens is 340 g/mol. The van der Waals surface area contributed by atoms with Gasteiger partial charge in [-0.25, -0.2) is 0 Å². The smallest absolute Gasteiger partial charge is 0.255 e. The molecule has 0 radical (unpaired) electrons. The predicted molar refractivity (Wildman–Crippen MR) is 99.3 cm³/mol. The lowest BCUT2D eigenvalue weighted by atomic mass is 10.0. The molecule has 2 heterocycles. The Hall–Kier alpha value is -2.01. The van der Waals surface area contributed by atoms with E-state index >= 15 is 0 Å². The van der Waals surface area contributed by atoms with Crippen LogP contribution < -0.4 is 10.3 Å². The number of fused-ring (bicyclic) bond motifs is 1. The van der Waals surface area contributed by atoms with Gasteiger partial charge in [-0.15, -0.1) is 0 Å². The molecule has 0 bridgehead atoms. The molecule has 3 rings (SSSR count). The number of aromatic amines is 1. The molecule has 25 heavy (non-hydrogen) atoms. The molecule has 1 N–H and O–H groups in total. The molecule has 1 aromatic carbocycles. The van der Waals surface area contributed by atoms with Crippen LogP contribution in [0.1, 0.15) is 33.1 Å². The standard InChI is InChI=1S/C19H23ClN2O3/c1-3-12(2)19(24)22-8-5-14(6-9-22)25-17-10-13-4-7-21-18(23)15(13)11-16(17)20/h4,7,10-12,14H,3,5-6,8-9H2,1-2H3,(H,21,23)/t12-/m0/s1. The van der Waals surface area contributed by atoms with Crippen LogP contribution in [0.25, 0.3) is 10.8 Å². The fraction of sp³-hybridized carbons (Fsp3) is 0.474. The van der Waals surface area contributed by atoms with Crippen molar-refractivity contribution in [3.05, 3.63) is 39.8 Å². The first kappa shape index (κ1) is 17.8. The van der Waals surface area contributed by atoms with Crippen molar-refractivity contribution in [2.45, 2.75) is 39.2 Å². The molecule has 0 aliphatic carbocycles. The van der Waals surface area contributed by atoms with E-state index < -0.39 is 0 Å². The van der Waals surface area contributed by atoms with Gasteiger partial charge in [0, 0.05) is 43.4 Å². The zero-order valence-electron chi connectivity index (χ0n) is 14.5. The number of pyridine rings is 1. The Bertz CT molecular complexity index is 825. The number of amides is 1. The summed E-state index contributed by atoms with van der Waals surface area (Å²) in [6.45, 7) is 5.42. The number of H-pyrrole nitrogens is 1. The third-order valence-corrected chi connectivity index (χ3v) is 5.20. The van der Waals surface area contributed by atoms with Gasteiger partial charge in [0.15, 0.2) is 0 Å². The molecule has 1 amide bonds. The average molecular weight is 363 g/mol. The predicted octanol–water partition coefficient (Wildman–Crippen LogP) is 3.60. The number of likely N-dealkylation sites (tertiary alicyclic amines) is 1. The molecule has 1 saturated heterocycles. The molecule has 1 atom stereocenters. The fourth-order valence-corrected chi connectivity index (χ4v) is 3.35. The Morgan fingerprint density at radius 3 is 2.80 bits per heavy atom. The van der Waals surface area contributed by atoms with Crippen LogP contribution >= 0.6 is 11.6 Å². The number of piperidine rings is 1. The summed E-state index contributed by atoms with van der Waals surface area (Å²) >= 11 is 6.29. The van der Waals surface area contributed by atoms with E-state index in [1.54, 1.807) is 12.3 Å². The molecule has 0 unspecified atom stereocenters. The van der Waals surface area contributed by atoms with Crippen molar-refractivity contribution >= 4 is 28.3 Å². The highest BCUT2D eigenvalue weighted by molar-refractivity contribution is 6.32. The van der Waals surface area contributed by atoms with Crippen molar-refractivity contribution in [2.75, 3.05) is 13.1 Å². The Labute approximate surface area is 151 Å². The van der Waals surface area contributed by atoms with Crippen LogP contribution in [0.15, 0.2) is 29.2 Å². The van der Waals surface area contributed by atoms with E-state index in [0.717, 1.165) is 24.6 Å². The number of hydrogen-bond acceptors (Lipinski definition) is 3. The third-order valence-electron chi connectivity index (χ3n) is 4.91. The van der Waals surface area contributed by atoms with Crippen LogP contribution in [0, 0.1) is 5.92 Å². The van der Waals surface area contributed by atoms with Gasteiger partial charge >= 0.3 is 0 Å². The molecule has 0 spiro atoms. The fourth-order valence-electron chi connectivity index (χ4n) is 3.14. The van der Waals surface area contributed by atoms with E-state index in [4.69, 9.17) is 16.3 Å².